The molecule has 1 heterocycles. The molecule has 1 aromatic heterocycles. The van der Waals surface area contributed by atoms with Crippen LogP contribution in [0.1, 0.15) is 12.6 Å². The summed E-state index contributed by atoms with van der Waals surface area (Å²) in [5, 5.41) is 3.41. The molecule has 0 saturated heterocycles. The van der Waals surface area contributed by atoms with Gasteiger partial charge in [-0.15, -0.1) is 0 Å². The average molecular weight is 455 g/mol. The maximum atomic E-state index is 12.9. The minimum atomic E-state index is -0.936. The van der Waals surface area contributed by atoms with Crippen LogP contribution in [0.2, 0.25) is 15.1 Å². The Morgan fingerprint density at radius 2 is 1.69 bits per heavy atom. The van der Waals surface area contributed by atoms with Gasteiger partial charge in [0.15, 0.2) is 6.10 Å². The Morgan fingerprint density at radius 3 is 2.34 bits per heavy atom. The number of ether oxygens (including phenoxy) is 1. The van der Waals surface area contributed by atoms with Gasteiger partial charge in [-0.1, -0.05) is 53.0 Å². The molecule has 152 valence electrons. The second-order valence-corrected chi connectivity index (χ2v) is 7.60. The Labute approximate surface area is 182 Å². The van der Waals surface area contributed by atoms with E-state index >= 15 is 0 Å². The number of hydrogen-bond acceptors (Lipinski definition) is 3. The fourth-order valence-electron chi connectivity index (χ4n) is 2.78. The number of benzene rings is 2. The lowest BCUT2D eigenvalue weighted by atomic mass is 10.3. The van der Waals surface area contributed by atoms with Crippen molar-refractivity contribution in [3.63, 3.8) is 0 Å². The van der Waals surface area contributed by atoms with E-state index in [1.54, 1.807) is 25.6 Å². The molecule has 0 fully saturated rings. The molecule has 0 spiro atoms. The van der Waals surface area contributed by atoms with Crippen LogP contribution in [0.4, 0.5) is 5.69 Å². The lowest BCUT2D eigenvalue weighted by Gasteiger charge is -2.16. The van der Waals surface area contributed by atoms with E-state index in [9.17, 15) is 9.59 Å². The van der Waals surface area contributed by atoms with Crippen LogP contribution in [0.25, 0.3) is 5.69 Å². The molecule has 3 rings (SSSR count). The monoisotopic (exact) mass is 453 g/mol. The highest BCUT2D eigenvalue weighted by Crippen LogP contribution is 2.34. The zero-order valence-electron chi connectivity index (χ0n) is 15.9. The first-order valence-corrected chi connectivity index (χ1v) is 9.80. The number of aromatic nitrogens is 2. The van der Waals surface area contributed by atoms with Crippen molar-refractivity contribution in [3.05, 3.63) is 73.6 Å². The van der Waals surface area contributed by atoms with Crippen molar-refractivity contribution in [2.45, 2.75) is 20.0 Å². The first-order chi connectivity index (χ1) is 13.7. The fourth-order valence-corrected chi connectivity index (χ4v) is 3.36. The third-order valence-electron chi connectivity index (χ3n) is 4.45. The summed E-state index contributed by atoms with van der Waals surface area (Å²) < 4.78 is 8.77. The Bertz CT molecular complexity index is 1120. The first-order valence-electron chi connectivity index (χ1n) is 8.66. The van der Waals surface area contributed by atoms with Crippen molar-refractivity contribution in [2.24, 2.45) is 7.05 Å². The average Bonchev–Trinajstić information content (AvgIpc) is 2.90. The third kappa shape index (κ3) is 4.29. The van der Waals surface area contributed by atoms with Gasteiger partial charge in [0, 0.05) is 13.1 Å². The number of anilines is 1. The highest BCUT2D eigenvalue weighted by atomic mass is 35.5. The van der Waals surface area contributed by atoms with Crippen LogP contribution in [0.3, 0.4) is 0 Å². The predicted molar refractivity (Wildman–Crippen MR) is 116 cm³/mol. The number of hydrogen-bond donors (Lipinski definition) is 1. The molecule has 0 radical (unpaired) electrons. The Hall–Kier alpha value is -2.41. The van der Waals surface area contributed by atoms with Crippen LogP contribution in [0, 0.1) is 6.92 Å². The van der Waals surface area contributed by atoms with E-state index in [2.05, 4.69) is 5.32 Å². The number of rotatable bonds is 5. The Kier molecular flexibility index (Phi) is 6.27. The Morgan fingerprint density at radius 1 is 1.07 bits per heavy atom. The molecule has 2 aromatic carbocycles. The highest BCUT2D eigenvalue weighted by Gasteiger charge is 2.22. The first kappa shape index (κ1) is 21.3. The minimum Gasteiger partial charge on any atom is -0.479 e. The van der Waals surface area contributed by atoms with Gasteiger partial charge < -0.3 is 10.1 Å². The van der Waals surface area contributed by atoms with Crippen molar-refractivity contribution in [2.75, 3.05) is 5.32 Å². The van der Waals surface area contributed by atoms with Crippen LogP contribution in [-0.4, -0.2) is 21.4 Å². The largest absolute Gasteiger partial charge is 0.479 e. The zero-order valence-corrected chi connectivity index (χ0v) is 18.1. The molecule has 9 heteroatoms. The van der Waals surface area contributed by atoms with E-state index in [1.165, 1.54) is 16.8 Å². The number of para-hydroxylation sites is 1. The molecule has 0 unspecified atom stereocenters. The van der Waals surface area contributed by atoms with Crippen LogP contribution < -0.4 is 15.6 Å². The lowest BCUT2D eigenvalue weighted by Crippen LogP contribution is -2.32. The van der Waals surface area contributed by atoms with Crippen LogP contribution in [-0.2, 0) is 11.8 Å². The summed E-state index contributed by atoms with van der Waals surface area (Å²) in [7, 11) is 1.74. The summed E-state index contributed by atoms with van der Waals surface area (Å²) in [4.78, 5) is 25.5. The molecule has 0 aliphatic heterocycles. The maximum Gasteiger partial charge on any atom is 0.295 e. The van der Waals surface area contributed by atoms with E-state index in [4.69, 9.17) is 39.5 Å². The van der Waals surface area contributed by atoms with E-state index in [1.807, 2.05) is 30.3 Å². The summed E-state index contributed by atoms with van der Waals surface area (Å²) in [6, 6.07) is 12.0. The summed E-state index contributed by atoms with van der Waals surface area (Å²) in [6.07, 6.45) is -0.936. The van der Waals surface area contributed by atoms with Gasteiger partial charge in [0.25, 0.3) is 11.5 Å². The van der Waals surface area contributed by atoms with Gasteiger partial charge >= 0.3 is 0 Å². The number of carbonyl (C=O) groups excluding carboxylic acids is 1. The maximum absolute atomic E-state index is 12.9. The zero-order chi connectivity index (χ0) is 21.3. The summed E-state index contributed by atoms with van der Waals surface area (Å²) in [6.45, 7) is 3.29. The molecule has 0 aliphatic rings. The molecule has 3 aromatic rings. The SMILES string of the molecule is Cc1c(NC(=O)[C@@H](C)Oc2cc(Cl)c(Cl)cc2Cl)c(=O)n(-c2ccccc2)n1C. The van der Waals surface area contributed by atoms with Gasteiger partial charge in [-0.25, -0.2) is 4.68 Å². The number of halogens is 3. The van der Waals surface area contributed by atoms with Gasteiger partial charge in [-0.2, -0.15) is 0 Å². The van der Waals surface area contributed by atoms with Crippen molar-refractivity contribution >= 4 is 46.4 Å². The summed E-state index contributed by atoms with van der Waals surface area (Å²) in [5.74, 6) is -0.284. The summed E-state index contributed by atoms with van der Waals surface area (Å²) >= 11 is 18.0. The molecular formula is C20H18Cl3N3O3. The quantitative estimate of drug-likeness (QED) is 0.560. The van der Waals surface area contributed by atoms with Gasteiger partial charge in [0.05, 0.1) is 26.4 Å². The van der Waals surface area contributed by atoms with Crippen LogP contribution >= 0.6 is 34.8 Å². The molecular weight excluding hydrogens is 437 g/mol. The highest BCUT2D eigenvalue weighted by molar-refractivity contribution is 6.43. The lowest BCUT2D eigenvalue weighted by molar-refractivity contribution is -0.122. The van der Waals surface area contributed by atoms with Crippen molar-refractivity contribution < 1.29 is 9.53 Å². The van der Waals surface area contributed by atoms with Crippen molar-refractivity contribution in [3.8, 4) is 11.4 Å². The van der Waals surface area contributed by atoms with Crippen molar-refractivity contribution in [1.29, 1.82) is 0 Å². The fraction of sp³-hybridized carbons (Fsp3) is 0.200. The predicted octanol–water partition coefficient (Wildman–Crippen LogP) is 4.85. The van der Waals surface area contributed by atoms with E-state index in [0.717, 1.165) is 0 Å². The van der Waals surface area contributed by atoms with Gasteiger partial charge in [0.1, 0.15) is 11.4 Å². The van der Waals surface area contributed by atoms with Crippen LogP contribution in [0.15, 0.2) is 47.3 Å². The van der Waals surface area contributed by atoms with Gasteiger partial charge in [-0.05, 0) is 32.0 Å². The number of amides is 1. The second kappa shape index (κ2) is 8.53. The molecule has 0 saturated carbocycles. The van der Waals surface area contributed by atoms with Gasteiger partial charge in [0.2, 0.25) is 0 Å². The second-order valence-electron chi connectivity index (χ2n) is 6.38. The molecule has 0 bridgehead atoms. The summed E-state index contributed by atoms with van der Waals surface area (Å²) in [5.41, 5.74) is 1.13. The van der Waals surface area contributed by atoms with Crippen molar-refractivity contribution in [1.82, 2.24) is 9.36 Å². The Balaban J connectivity index is 1.84. The molecule has 1 atom stereocenters. The van der Waals surface area contributed by atoms with Gasteiger partial charge in [-0.3, -0.25) is 14.3 Å². The third-order valence-corrected chi connectivity index (χ3v) is 5.47. The smallest absolute Gasteiger partial charge is 0.295 e. The molecule has 0 aliphatic carbocycles. The van der Waals surface area contributed by atoms with Crippen LogP contribution in [0.5, 0.6) is 5.75 Å². The number of nitrogens with zero attached hydrogens (tertiary/aromatic N) is 2. The molecule has 1 amide bonds. The van der Waals surface area contributed by atoms with E-state index < -0.39 is 12.0 Å². The molecule has 6 nitrogen and oxygen atoms in total. The topological polar surface area (TPSA) is 65.3 Å². The molecule has 1 N–H and O–H groups in total. The van der Waals surface area contributed by atoms with E-state index in [-0.39, 0.29) is 32.1 Å². The standard InChI is InChI=1S/C20H18Cl3N3O3/c1-11-18(20(28)26(25(11)3)13-7-5-4-6-8-13)24-19(27)12(2)29-17-10-15(22)14(21)9-16(17)23/h4-10,12H,1-3H3,(H,24,27)/t12-/m1/s1. The number of carbonyl (C=O) groups is 1. The normalized spacial score (nSPS) is 11.9. The molecule has 29 heavy (non-hydrogen) atoms. The van der Waals surface area contributed by atoms with E-state index in [0.29, 0.717) is 11.4 Å². The minimum absolute atomic E-state index is 0.178. The number of nitrogens with one attached hydrogen (secondary N) is 1.